The van der Waals surface area contributed by atoms with Crippen LogP contribution in [0.2, 0.25) is 0 Å². The quantitative estimate of drug-likeness (QED) is 0.858. The molecule has 0 bridgehead atoms. The molecular weight excluding hydrogens is 218 g/mol. The summed E-state index contributed by atoms with van der Waals surface area (Å²) in [5, 5.41) is 4.27. The molecule has 0 radical (unpaired) electrons. The molecule has 6 heteroatoms. The maximum Gasteiger partial charge on any atom is 0.238 e. The molecule has 0 saturated carbocycles. The second-order valence-electron chi connectivity index (χ2n) is 3.78. The SMILES string of the molecule is Cc1nn(C)c(C)c1Oc1cncc(CN)n1. The Morgan fingerprint density at radius 1 is 1.35 bits per heavy atom. The highest BCUT2D eigenvalue weighted by Gasteiger charge is 2.12. The summed E-state index contributed by atoms with van der Waals surface area (Å²) in [5.74, 6) is 1.16. The molecule has 0 aliphatic heterocycles. The molecule has 2 rings (SSSR count). The van der Waals surface area contributed by atoms with Crippen LogP contribution < -0.4 is 10.5 Å². The molecule has 0 amide bonds. The van der Waals surface area contributed by atoms with Gasteiger partial charge in [0.15, 0.2) is 5.75 Å². The Morgan fingerprint density at radius 3 is 2.71 bits per heavy atom. The Kier molecular flexibility index (Phi) is 3.06. The van der Waals surface area contributed by atoms with E-state index in [0.717, 1.165) is 17.1 Å². The predicted octanol–water partition coefficient (Wildman–Crippen LogP) is 1.08. The molecule has 0 unspecified atom stereocenters. The van der Waals surface area contributed by atoms with Gasteiger partial charge in [0.2, 0.25) is 5.88 Å². The van der Waals surface area contributed by atoms with Crippen LogP contribution in [0.15, 0.2) is 12.4 Å². The fourth-order valence-electron chi connectivity index (χ4n) is 1.54. The van der Waals surface area contributed by atoms with Crippen molar-refractivity contribution in [2.24, 2.45) is 12.8 Å². The zero-order valence-corrected chi connectivity index (χ0v) is 10.1. The number of nitrogens with two attached hydrogens (primary N) is 1. The molecule has 2 heterocycles. The summed E-state index contributed by atoms with van der Waals surface area (Å²) in [6.45, 7) is 4.17. The molecule has 0 fully saturated rings. The average Bonchev–Trinajstić information content (AvgIpc) is 2.56. The first-order valence-electron chi connectivity index (χ1n) is 5.31. The average molecular weight is 233 g/mol. The number of hydrogen-bond donors (Lipinski definition) is 1. The van der Waals surface area contributed by atoms with Gasteiger partial charge in [0.1, 0.15) is 5.69 Å². The van der Waals surface area contributed by atoms with Crippen LogP contribution in [0.4, 0.5) is 0 Å². The molecule has 2 N–H and O–H groups in total. The summed E-state index contributed by atoms with van der Waals surface area (Å²) in [5.41, 5.74) is 7.97. The van der Waals surface area contributed by atoms with Gasteiger partial charge in [-0.15, -0.1) is 0 Å². The molecule has 0 spiro atoms. The third kappa shape index (κ3) is 2.26. The van der Waals surface area contributed by atoms with Crippen molar-refractivity contribution in [1.82, 2.24) is 19.7 Å². The van der Waals surface area contributed by atoms with E-state index in [4.69, 9.17) is 10.5 Å². The number of nitrogens with zero attached hydrogens (tertiary/aromatic N) is 4. The van der Waals surface area contributed by atoms with E-state index < -0.39 is 0 Å². The molecule has 0 aliphatic rings. The minimum Gasteiger partial charge on any atom is -0.434 e. The molecule has 2 aromatic rings. The first-order chi connectivity index (χ1) is 8.11. The van der Waals surface area contributed by atoms with E-state index in [1.54, 1.807) is 17.1 Å². The summed E-state index contributed by atoms with van der Waals surface area (Å²) >= 11 is 0. The first-order valence-corrected chi connectivity index (χ1v) is 5.31. The van der Waals surface area contributed by atoms with E-state index in [0.29, 0.717) is 18.1 Å². The summed E-state index contributed by atoms with van der Waals surface area (Å²) < 4.78 is 7.46. The van der Waals surface area contributed by atoms with E-state index in [-0.39, 0.29) is 0 Å². The number of aromatic nitrogens is 4. The summed E-state index contributed by atoms with van der Waals surface area (Å²) in [6, 6.07) is 0. The lowest BCUT2D eigenvalue weighted by Crippen LogP contribution is -2.01. The third-order valence-corrected chi connectivity index (χ3v) is 2.52. The maximum absolute atomic E-state index is 5.69. The topological polar surface area (TPSA) is 78.8 Å². The van der Waals surface area contributed by atoms with Crippen LogP contribution in [0.1, 0.15) is 17.1 Å². The monoisotopic (exact) mass is 233 g/mol. The van der Waals surface area contributed by atoms with Gasteiger partial charge in [0.25, 0.3) is 0 Å². The predicted molar refractivity (Wildman–Crippen MR) is 62.7 cm³/mol. The molecule has 0 aliphatic carbocycles. The van der Waals surface area contributed by atoms with Crippen molar-refractivity contribution in [3.8, 4) is 11.6 Å². The highest BCUT2D eigenvalue weighted by molar-refractivity contribution is 5.34. The second-order valence-corrected chi connectivity index (χ2v) is 3.78. The van der Waals surface area contributed by atoms with Crippen molar-refractivity contribution in [2.45, 2.75) is 20.4 Å². The second kappa shape index (κ2) is 4.50. The minimum absolute atomic E-state index is 0.342. The smallest absolute Gasteiger partial charge is 0.238 e. The van der Waals surface area contributed by atoms with Gasteiger partial charge < -0.3 is 10.5 Å². The summed E-state index contributed by atoms with van der Waals surface area (Å²) in [6.07, 6.45) is 3.18. The van der Waals surface area contributed by atoms with Gasteiger partial charge in [-0.05, 0) is 13.8 Å². The number of aryl methyl sites for hydroxylation is 2. The van der Waals surface area contributed by atoms with Crippen molar-refractivity contribution >= 4 is 0 Å². The Hall–Kier alpha value is -1.95. The Labute approximate surface area is 99.4 Å². The number of ether oxygens (including phenoxy) is 1. The minimum atomic E-state index is 0.342. The lowest BCUT2D eigenvalue weighted by Gasteiger charge is -2.05. The molecule has 6 nitrogen and oxygen atoms in total. The van der Waals surface area contributed by atoms with Gasteiger partial charge in [-0.25, -0.2) is 4.98 Å². The lowest BCUT2D eigenvalue weighted by molar-refractivity contribution is 0.450. The third-order valence-electron chi connectivity index (χ3n) is 2.52. The van der Waals surface area contributed by atoms with Crippen LogP contribution in [0.25, 0.3) is 0 Å². The van der Waals surface area contributed by atoms with E-state index in [1.165, 1.54) is 0 Å². The first kappa shape index (κ1) is 11.5. The van der Waals surface area contributed by atoms with Crippen LogP contribution in [0.5, 0.6) is 11.6 Å². The van der Waals surface area contributed by atoms with Gasteiger partial charge in [-0.1, -0.05) is 0 Å². The molecule has 17 heavy (non-hydrogen) atoms. The fourth-order valence-corrected chi connectivity index (χ4v) is 1.54. The Bertz CT molecular complexity index is 535. The van der Waals surface area contributed by atoms with Gasteiger partial charge in [-0.2, -0.15) is 5.10 Å². The summed E-state index contributed by atoms with van der Waals surface area (Å²) in [4.78, 5) is 8.25. The van der Waals surface area contributed by atoms with Crippen LogP contribution in [-0.4, -0.2) is 19.7 Å². The Balaban J connectivity index is 2.31. The lowest BCUT2D eigenvalue weighted by atomic mass is 10.3. The zero-order valence-electron chi connectivity index (χ0n) is 10.1. The number of rotatable bonds is 3. The van der Waals surface area contributed by atoms with Crippen LogP contribution in [0.3, 0.4) is 0 Å². The molecule has 0 saturated heterocycles. The summed E-state index contributed by atoms with van der Waals surface area (Å²) in [7, 11) is 1.87. The van der Waals surface area contributed by atoms with E-state index >= 15 is 0 Å². The van der Waals surface area contributed by atoms with Crippen molar-refractivity contribution < 1.29 is 4.74 Å². The standard InChI is InChI=1S/C11H15N5O/c1-7-11(8(2)16(3)15-7)17-10-6-13-5-9(4-12)14-10/h5-6H,4,12H2,1-3H3. The van der Waals surface area contributed by atoms with Gasteiger partial charge in [0, 0.05) is 19.8 Å². The molecular formula is C11H15N5O. The van der Waals surface area contributed by atoms with E-state index in [2.05, 4.69) is 15.1 Å². The fraction of sp³-hybridized carbons (Fsp3) is 0.364. The normalized spacial score (nSPS) is 10.6. The Morgan fingerprint density at radius 2 is 2.12 bits per heavy atom. The molecule has 0 atom stereocenters. The maximum atomic E-state index is 5.69. The zero-order chi connectivity index (χ0) is 12.4. The van der Waals surface area contributed by atoms with Crippen molar-refractivity contribution in [3.05, 3.63) is 29.5 Å². The van der Waals surface area contributed by atoms with Crippen LogP contribution >= 0.6 is 0 Å². The molecule has 0 aromatic carbocycles. The van der Waals surface area contributed by atoms with Gasteiger partial charge in [0.05, 0.1) is 17.6 Å². The van der Waals surface area contributed by atoms with Crippen molar-refractivity contribution in [3.63, 3.8) is 0 Å². The highest BCUT2D eigenvalue weighted by Crippen LogP contribution is 2.26. The van der Waals surface area contributed by atoms with Crippen molar-refractivity contribution in [2.75, 3.05) is 0 Å². The van der Waals surface area contributed by atoms with Crippen LogP contribution in [0, 0.1) is 13.8 Å². The largest absolute Gasteiger partial charge is 0.434 e. The highest BCUT2D eigenvalue weighted by atomic mass is 16.5. The molecule has 2 aromatic heterocycles. The molecule has 90 valence electrons. The van der Waals surface area contributed by atoms with E-state index in [1.807, 2.05) is 20.9 Å². The van der Waals surface area contributed by atoms with Gasteiger partial charge in [-0.3, -0.25) is 9.67 Å². The van der Waals surface area contributed by atoms with Crippen molar-refractivity contribution in [1.29, 1.82) is 0 Å². The van der Waals surface area contributed by atoms with E-state index in [9.17, 15) is 0 Å². The van der Waals surface area contributed by atoms with Crippen LogP contribution in [-0.2, 0) is 13.6 Å². The number of hydrogen-bond acceptors (Lipinski definition) is 5. The van der Waals surface area contributed by atoms with Gasteiger partial charge >= 0.3 is 0 Å².